The summed E-state index contributed by atoms with van der Waals surface area (Å²) in [5, 5.41) is 21.6. The van der Waals surface area contributed by atoms with Gasteiger partial charge in [0.15, 0.2) is 5.69 Å². The number of hydrogen-bond acceptors (Lipinski definition) is 5. The third-order valence-electron chi connectivity index (χ3n) is 3.21. The van der Waals surface area contributed by atoms with Crippen LogP contribution in [-0.2, 0) is 0 Å². The highest BCUT2D eigenvalue weighted by molar-refractivity contribution is 5.85. The first-order chi connectivity index (χ1) is 8.56. The lowest BCUT2D eigenvalue weighted by molar-refractivity contribution is 0.0690. The highest BCUT2D eigenvalue weighted by atomic mass is 16.4. The molecule has 3 N–H and O–H groups in total. The number of aryl methyl sites for hydroxylation is 1. The van der Waals surface area contributed by atoms with E-state index >= 15 is 0 Å². The molecule has 1 heterocycles. The fourth-order valence-electron chi connectivity index (χ4n) is 2.23. The number of carboxylic acid groups (broad SMARTS) is 1. The third-order valence-corrected chi connectivity index (χ3v) is 3.21. The van der Waals surface area contributed by atoms with E-state index < -0.39 is 5.97 Å². The first-order valence-electron chi connectivity index (χ1n) is 6.07. The van der Waals surface area contributed by atoms with E-state index in [9.17, 15) is 9.90 Å². The van der Waals surface area contributed by atoms with Gasteiger partial charge in [0, 0.05) is 18.2 Å². The molecule has 6 nitrogen and oxygen atoms in total. The van der Waals surface area contributed by atoms with Gasteiger partial charge in [0.25, 0.3) is 0 Å². The molecule has 0 aromatic carbocycles. The van der Waals surface area contributed by atoms with Gasteiger partial charge in [0.2, 0.25) is 5.95 Å². The van der Waals surface area contributed by atoms with Crippen LogP contribution >= 0.6 is 0 Å². The molecule has 2 unspecified atom stereocenters. The summed E-state index contributed by atoms with van der Waals surface area (Å²) in [5.41, 5.74) is 0.592. The molecule has 2 atom stereocenters. The molecule has 0 radical (unpaired) electrons. The Balaban J connectivity index is 2.02. The molecule has 1 aromatic rings. The second kappa shape index (κ2) is 5.30. The Bertz CT molecular complexity index is 450. The van der Waals surface area contributed by atoms with Crippen LogP contribution in [0.1, 0.15) is 35.4 Å². The van der Waals surface area contributed by atoms with Gasteiger partial charge >= 0.3 is 5.97 Å². The monoisotopic (exact) mass is 251 g/mol. The summed E-state index contributed by atoms with van der Waals surface area (Å²) in [5.74, 6) is -0.557. The van der Waals surface area contributed by atoms with Crippen molar-refractivity contribution in [3.05, 3.63) is 17.5 Å². The Morgan fingerprint density at radius 2 is 2.28 bits per heavy atom. The largest absolute Gasteiger partial charge is 0.477 e. The molecule has 1 aliphatic rings. The number of aromatic carboxylic acids is 1. The topological polar surface area (TPSA) is 95.3 Å². The molecule has 1 aromatic heterocycles. The van der Waals surface area contributed by atoms with Crippen molar-refractivity contribution in [1.82, 2.24) is 9.97 Å². The lowest BCUT2D eigenvalue weighted by Gasteiger charge is -2.15. The van der Waals surface area contributed by atoms with Crippen LogP contribution < -0.4 is 5.32 Å². The van der Waals surface area contributed by atoms with E-state index in [2.05, 4.69) is 15.3 Å². The number of hydrogen-bond donors (Lipinski definition) is 3. The molecule has 0 aliphatic heterocycles. The highest BCUT2D eigenvalue weighted by Crippen LogP contribution is 2.25. The molecular formula is C12H17N3O3. The predicted molar refractivity (Wildman–Crippen MR) is 65.6 cm³/mol. The summed E-state index contributed by atoms with van der Waals surface area (Å²) in [7, 11) is 0. The van der Waals surface area contributed by atoms with Crippen LogP contribution in [0.4, 0.5) is 5.95 Å². The molecule has 0 saturated heterocycles. The standard InChI is InChI=1S/C12H17N3O3/c1-7-5-9(11(17)18)15-12(14-7)13-6-8-3-2-4-10(8)16/h5,8,10,16H,2-4,6H2,1H3,(H,17,18)(H,13,14,15). The Hall–Kier alpha value is -1.69. The second-order valence-corrected chi connectivity index (χ2v) is 4.66. The average molecular weight is 251 g/mol. The summed E-state index contributed by atoms with van der Waals surface area (Å²) < 4.78 is 0. The lowest BCUT2D eigenvalue weighted by atomic mass is 10.1. The SMILES string of the molecule is Cc1cc(C(=O)O)nc(NCC2CCCC2O)n1. The van der Waals surface area contributed by atoms with Crippen molar-refractivity contribution in [3.8, 4) is 0 Å². The van der Waals surface area contributed by atoms with Crippen LogP contribution in [-0.4, -0.2) is 38.8 Å². The van der Waals surface area contributed by atoms with Gasteiger partial charge in [-0.2, -0.15) is 0 Å². The summed E-state index contributed by atoms with van der Waals surface area (Å²) in [6, 6.07) is 1.43. The number of carboxylic acids is 1. The van der Waals surface area contributed by atoms with E-state index in [0.29, 0.717) is 18.2 Å². The van der Waals surface area contributed by atoms with E-state index in [4.69, 9.17) is 5.11 Å². The quantitative estimate of drug-likeness (QED) is 0.740. The van der Waals surface area contributed by atoms with E-state index in [0.717, 1.165) is 19.3 Å². The second-order valence-electron chi connectivity index (χ2n) is 4.66. The van der Waals surface area contributed by atoms with E-state index in [1.807, 2.05) is 0 Å². The molecule has 18 heavy (non-hydrogen) atoms. The van der Waals surface area contributed by atoms with Crippen LogP contribution in [0.3, 0.4) is 0 Å². The van der Waals surface area contributed by atoms with E-state index in [-0.39, 0.29) is 17.7 Å². The summed E-state index contributed by atoms with van der Waals surface area (Å²) >= 11 is 0. The molecule has 6 heteroatoms. The predicted octanol–water partition coefficient (Wildman–Crippen LogP) is 1.06. The number of aliphatic hydroxyl groups excluding tert-OH is 1. The number of aliphatic hydroxyl groups is 1. The zero-order valence-corrected chi connectivity index (χ0v) is 10.3. The van der Waals surface area contributed by atoms with Crippen molar-refractivity contribution in [2.45, 2.75) is 32.3 Å². The normalized spacial score (nSPS) is 23.0. The first kappa shape index (κ1) is 12.8. The molecular weight excluding hydrogens is 234 g/mol. The number of aromatic nitrogens is 2. The van der Waals surface area contributed by atoms with Gasteiger partial charge in [0.05, 0.1) is 6.10 Å². The maximum atomic E-state index is 10.9. The zero-order chi connectivity index (χ0) is 13.1. The minimum Gasteiger partial charge on any atom is -0.477 e. The first-order valence-corrected chi connectivity index (χ1v) is 6.07. The van der Waals surface area contributed by atoms with Crippen molar-refractivity contribution in [2.75, 3.05) is 11.9 Å². The Kier molecular flexibility index (Phi) is 3.76. The van der Waals surface area contributed by atoms with Gasteiger partial charge in [-0.05, 0) is 25.8 Å². The summed E-state index contributed by atoms with van der Waals surface area (Å²) in [6.07, 6.45) is 2.57. The van der Waals surface area contributed by atoms with Gasteiger partial charge in [-0.15, -0.1) is 0 Å². The molecule has 0 bridgehead atoms. The van der Waals surface area contributed by atoms with Crippen LogP contribution in [0.2, 0.25) is 0 Å². The van der Waals surface area contributed by atoms with Crippen LogP contribution in [0.15, 0.2) is 6.07 Å². The number of nitrogens with zero attached hydrogens (tertiary/aromatic N) is 2. The van der Waals surface area contributed by atoms with Crippen molar-refractivity contribution < 1.29 is 15.0 Å². The number of rotatable bonds is 4. The van der Waals surface area contributed by atoms with E-state index in [1.54, 1.807) is 6.92 Å². The zero-order valence-electron chi connectivity index (χ0n) is 10.3. The van der Waals surface area contributed by atoms with Crippen LogP contribution in [0.25, 0.3) is 0 Å². The molecule has 2 rings (SSSR count). The average Bonchev–Trinajstić information content (AvgIpc) is 2.71. The maximum Gasteiger partial charge on any atom is 0.354 e. The van der Waals surface area contributed by atoms with Crippen LogP contribution in [0.5, 0.6) is 0 Å². The van der Waals surface area contributed by atoms with Gasteiger partial charge in [-0.1, -0.05) is 6.42 Å². The molecule has 1 fully saturated rings. The number of nitrogens with one attached hydrogen (secondary N) is 1. The Labute approximate surface area is 105 Å². The maximum absolute atomic E-state index is 10.9. The van der Waals surface area contributed by atoms with Crippen molar-refractivity contribution >= 4 is 11.9 Å². The third kappa shape index (κ3) is 2.95. The van der Waals surface area contributed by atoms with Gasteiger partial charge in [0.1, 0.15) is 0 Å². The smallest absolute Gasteiger partial charge is 0.354 e. The Morgan fingerprint density at radius 1 is 1.50 bits per heavy atom. The fraction of sp³-hybridized carbons (Fsp3) is 0.583. The molecule has 1 saturated carbocycles. The van der Waals surface area contributed by atoms with Gasteiger partial charge in [-0.25, -0.2) is 14.8 Å². The van der Waals surface area contributed by atoms with E-state index in [1.165, 1.54) is 6.07 Å². The minimum absolute atomic E-state index is 0.0167. The lowest BCUT2D eigenvalue weighted by Crippen LogP contribution is -2.23. The number of anilines is 1. The van der Waals surface area contributed by atoms with Crippen LogP contribution in [0, 0.1) is 12.8 Å². The number of carbonyl (C=O) groups is 1. The molecule has 0 spiro atoms. The van der Waals surface area contributed by atoms with Crippen molar-refractivity contribution in [3.63, 3.8) is 0 Å². The molecule has 98 valence electrons. The minimum atomic E-state index is -1.07. The Morgan fingerprint density at radius 3 is 2.89 bits per heavy atom. The van der Waals surface area contributed by atoms with Crippen molar-refractivity contribution in [1.29, 1.82) is 0 Å². The fourth-order valence-corrected chi connectivity index (χ4v) is 2.23. The van der Waals surface area contributed by atoms with Gasteiger partial charge in [-0.3, -0.25) is 0 Å². The summed E-state index contributed by atoms with van der Waals surface area (Å²) in [4.78, 5) is 18.9. The summed E-state index contributed by atoms with van der Waals surface area (Å²) in [6.45, 7) is 2.30. The van der Waals surface area contributed by atoms with Crippen molar-refractivity contribution in [2.24, 2.45) is 5.92 Å². The molecule has 0 amide bonds. The highest BCUT2D eigenvalue weighted by Gasteiger charge is 2.25. The van der Waals surface area contributed by atoms with Gasteiger partial charge < -0.3 is 15.5 Å². The molecule has 1 aliphatic carbocycles.